The Balaban J connectivity index is 1.49. The van der Waals surface area contributed by atoms with E-state index in [1.54, 1.807) is 17.0 Å². The highest BCUT2D eigenvalue weighted by atomic mass is 32.2. The van der Waals surface area contributed by atoms with Crippen molar-refractivity contribution in [2.45, 2.75) is 24.2 Å². The molecule has 8 heteroatoms. The largest absolute Gasteiger partial charge is 0.497 e. The SMILES string of the molecule is COc1ccc(S(=O)(=O)N(CC(=O)N2CCC(Cc3ccccc3)CC2)c2ccc(F)cc2)cc1. The Hall–Kier alpha value is -3.39. The molecule has 1 heterocycles. The summed E-state index contributed by atoms with van der Waals surface area (Å²) in [6, 6.07) is 21.4. The molecule has 1 saturated heterocycles. The van der Waals surface area contributed by atoms with Crippen LogP contribution in [0.2, 0.25) is 0 Å². The zero-order valence-electron chi connectivity index (χ0n) is 19.6. The summed E-state index contributed by atoms with van der Waals surface area (Å²) in [4.78, 5) is 15.0. The number of likely N-dealkylation sites (tertiary alicyclic amines) is 1. The number of methoxy groups -OCH3 is 1. The summed E-state index contributed by atoms with van der Waals surface area (Å²) in [6.07, 6.45) is 2.70. The van der Waals surface area contributed by atoms with Crippen LogP contribution in [0.3, 0.4) is 0 Å². The van der Waals surface area contributed by atoms with E-state index in [1.165, 1.54) is 49.1 Å². The van der Waals surface area contributed by atoms with E-state index in [-0.39, 0.29) is 23.0 Å². The summed E-state index contributed by atoms with van der Waals surface area (Å²) in [5, 5.41) is 0. The van der Waals surface area contributed by atoms with Gasteiger partial charge in [-0.1, -0.05) is 30.3 Å². The zero-order chi connectivity index (χ0) is 24.8. The minimum Gasteiger partial charge on any atom is -0.497 e. The van der Waals surface area contributed by atoms with Gasteiger partial charge in [-0.3, -0.25) is 9.10 Å². The number of hydrogen-bond acceptors (Lipinski definition) is 4. The number of halogens is 1. The summed E-state index contributed by atoms with van der Waals surface area (Å²) in [7, 11) is -2.57. The van der Waals surface area contributed by atoms with Crippen molar-refractivity contribution < 1.29 is 22.3 Å². The molecular formula is C27H29FN2O4S. The molecule has 1 aliphatic heterocycles. The molecule has 3 aromatic rings. The third kappa shape index (κ3) is 6.00. The Morgan fingerprint density at radius 2 is 1.60 bits per heavy atom. The van der Waals surface area contributed by atoms with Crippen LogP contribution in [-0.4, -0.2) is 46.0 Å². The van der Waals surface area contributed by atoms with Gasteiger partial charge in [0.1, 0.15) is 18.1 Å². The van der Waals surface area contributed by atoms with E-state index in [0.717, 1.165) is 23.6 Å². The van der Waals surface area contributed by atoms with Crippen molar-refractivity contribution in [3.63, 3.8) is 0 Å². The Bertz CT molecular complexity index is 1220. The second-order valence-electron chi connectivity index (χ2n) is 8.68. The number of piperidine rings is 1. The highest BCUT2D eigenvalue weighted by Gasteiger charge is 2.30. The molecule has 184 valence electrons. The smallest absolute Gasteiger partial charge is 0.264 e. The van der Waals surface area contributed by atoms with Crippen LogP contribution >= 0.6 is 0 Å². The van der Waals surface area contributed by atoms with Crippen molar-refractivity contribution in [2.24, 2.45) is 5.92 Å². The first-order valence-corrected chi connectivity index (χ1v) is 13.0. The van der Waals surface area contributed by atoms with Crippen molar-refractivity contribution >= 4 is 21.6 Å². The Labute approximate surface area is 206 Å². The van der Waals surface area contributed by atoms with E-state index in [0.29, 0.717) is 24.8 Å². The van der Waals surface area contributed by atoms with E-state index in [2.05, 4.69) is 12.1 Å². The van der Waals surface area contributed by atoms with Crippen LogP contribution in [0.15, 0.2) is 83.8 Å². The maximum atomic E-state index is 13.5. The molecule has 35 heavy (non-hydrogen) atoms. The molecule has 0 saturated carbocycles. The lowest BCUT2D eigenvalue weighted by molar-refractivity contribution is -0.130. The topological polar surface area (TPSA) is 66.9 Å². The second kappa shape index (κ2) is 10.9. The number of carbonyl (C=O) groups excluding carboxylic acids is 1. The van der Waals surface area contributed by atoms with Crippen LogP contribution in [0.4, 0.5) is 10.1 Å². The van der Waals surface area contributed by atoms with Crippen molar-refractivity contribution in [3.8, 4) is 5.75 Å². The first-order valence-electron chi connectivity index (χ1n) is 11.6. The normalized spacial score (nSPS) is 14.5. The molecule has 1 amide bonds. The quantitative estimate of drug-likeness (QED) is 0.460. The zero-order valence-corrected chi connectivity index (χ0v) is 20.5. The average Bonchev–Trinajstić information content (AvgIpc) is 2.89. The molecule has 0 spiro atoms. The summed E-state index contributed by atoms with van der Waals surface area (Å²) in [6.45, 7) is 0.801. The van der Waals surface area contributed by atoms with Crippen LogP contribution in [0.25, 0.3) is 0 Å². The van der Waals surface area contributed by atoms with Crippen molar-refractivity contribution in [3.05, 3.63) is 90.2 Å². The van der Waals surface area contributed by atoms with Gasteiger partial charge in [-0.25, -0.2) is 12.8 Å². The van der Waals surface area contributed by atoms with Crippen LogP contribution in [0, 0.1) is 11.7 Å². The summed E-state index contributed by atoms with van der Waals surface area (Å²) in [5.41, 5.74) is 1.51. The van der Waals surface area contributed by atoms with Gasteiger partial charge in [0.05, 0.1) is 17.7 Å². The van der Waals surface area contributed by atoms with Crippen LogP contribution in [0.5, 0.6) is 5.75 Å². The third-order valence-corrected chi connectivity index (χ3v) is 8.16. The molecule has 0 bridgehead atoms. The van der Waals surface area contributed by atoms with Gasteiger partial charge < -0.3 is 9.64 Å². The van der Waals surface area contributed by atoms with Crippen molar-refractivity contribution in [1.29, 1.82) is 0 Å². The molecular weight excluding hydrogens is 467 g/mol. The Morgan fingerprint density at radius 3 is 2.20 bits per heavy atom. The number of amides is 1. The first-order chi connectivity index (χ1) is 16.9. The fraction of sp³-hybridized carbons (Fsp3) is 0.296. The van der Waals surface area contributed by atoms with E-state index in [4.69, 9.17) is 4.74 Å². The lowest BCUT2D eigenvalue weighted by Crippen LogP contribution is -2.46. The van der Waals surface area contributed by atoms with Gasteiger partial charge in [0.15, 0.2) is 0 Å². The summed E-state index contributed by atoms with van der Waals surface area (Å²) >= 11 is 0. The standard InChI is InChI=1S/C27H29FN2O4S/c1-34-25-11-13-26(14-12-25)35(32,33)30(24-9-7-23(28)8-10-24)20-27(31)29-17-15-22(16-18-29)19-21-5-3-2-4-6-21/h2-14,22H,15-20H2,1H3. The molecule has 6 nitrogen and oxygen atoms in total. The van der Waals surface area contributed by atoms with Gasteiger partial charge in [-0.15, -0.1) is 0 Å². The molecule has 1 aliphatic rings. The van der Waals surface area contributed by atoms with Gasteiger partial charge >= 0.3 is 0 Å². The number of carbonyl (C=O) groups is 1. The number of nitrogens with zero attached hydrogens (tertiary/aromatic N) is 2. The van der Waals surface area contributed by atoms with Gasteiger partial charge in [0.2, 0.25) is 5.91 Å². The lowest BCUT2D eigenvalue weighted by atomic mass is 9.90. The first kappa shape index (κ1) is 24.7. The highest BCUT2D eigenvalue weighted by molar-refractivity contribution is 7.92. The predicted molar refractivity (Wildman–Crippen MR) is 133 cm³/mol. The van der Waals surface area contributed by atoms with Crippen molar-refractivity contribution in [1.82, 2.24) is 4.90 Å². The summed E-state index contributed by atoms with van der Waals surface area (Å²) < 4.78 is 46.7. The molecule has 0 unspecified atom stereocenters. The lowest BCUT2D eigenvalue weighted by Gasteiger charge is -2.34. The van der Waals surface area contributed by atoms with Crippen LogP contribution in [-0.2, 0) is 21.2 Å². The number of anilines is 1. The molecule has 0 aliphatic carbocycles. The molecule has 0 N–H and O–H groups in total. The van der Waals surface area contributed by atoms with Crippen molar-refractivity contribution in [2.75, 3.05) is 31.0 Å². The van der Waals surface area contributed by atoms with Gasteiger partial charge in [-0.05, 0) is 79.3 Å². The van der Waals surface area contributed by atoms with Gasteiger partial charge in [0.25, 0.3) is 10.0 Å². The fourth-order valence-corrected chi connectivity index (χ4v) is 5.77. The highest BCUT2D eigenvalue weighted by Crippen LogP contribution is 2.27. The number of hydrogen-bond donors (Lipinski definition) is 0. The fourth-order valence-electron chi connectivity index (χ4n) is 4.35. The monoisotopic (exact) mass is 496 g/mol. The van der Waals surface area contributed by atoms with E-state index in [1.807, 2.05) is 18.2 Å². The molecule has 0 aromatic heterocycles. The average molecular weight is 497 g/mol. The number of sulfonamides is 1. The molecule has 1 fully saturated rings. The molecule has 0 radical (unpaired) electrons. The maximum Gasteiger partial charge on any atom is 0.264 e. The van der Waals surface area contributed by atoms with Gasteiger partial charge in [0, 0.05) is 13.1 Å². The van der Waals surface area contributed by atoms with Crippen LogP contribution in [0.1, 0.15) is 18.4 Å². The Kier molecular flexibility index (Phi) is 7.70. The van der Waals surface area contributed by atoms with E-state index >= 15 is 0 Å². The number of ether oxygens (including phenoxy) is 1. The van der Waals surface area contributed by atoms with Crippen LogP contribution < -0.4 is 9.04 Å². The van der Waals surface area contributed by atoms with Gasteiger partial charge in [-0.2, -0.15) is 0 Å². The minimum atomic E-state index is -4.07. The maximum absolute atomic E-state index is 13.5. The Morgan fingerprint density at radius 1 is 0.971 bits per heavy atom. The second-order valence-corrected chi connectivity index (χ2v) is 10.5. The number of benzene rings is 3. The van der Waals surface area contributed by atoms with E-state index in [9.17, 15) is 17.6 Å². The molecule has 3 aromatic carbocycles. The minimum absolute atomic E-state index is 0.0250. The van der Waals surface area contributed by atoms with E-state index < -0.39 is 15.8 Å². The molecule has 0 atom stereocenters. The predicted octanol–water partition coefficient (Wildman–Crippen LogP) is 4.51. The summed E-state index contributed by atoms with van der Waals surface area (Å²) in [5.74, 6) is 0.247. The molecule has 4 rings (SSSR count). The number of rotatable bonds is 8. The third-order valence-electron chi connectivity index (χ3n) is 6.38.